The molecule has 0 bridgehead atoms. The number of aromatic amines is 1. The van der Waals surface area contributed by atoms with Crippen molar-refractivity contribution in [3.05, 3.63) is 35.7 Å². The first kappa shape index (κ1) is 16.3. The van der Waals surface area contributed by atoms with E-state index in [1.807, 2.05) is 0 Å². The summed E-state index contributed by atoms with van der Waals surface area (Å²) < 4.78 is 15.7. The lowest BCUT2D eigenvalue weighted by molar-refractivity contribution is -0.120. The number of hydrazone groups is 1. The molecule has 0 unspecified atom stereocenters. The molecule has 8 nitrogen and oxygen atoms in total. The van der Waals surface area contributed by atoms with E-state index in [0.29, 0.717) is 28.5 Å². The number of methoxy groups -OCH3 is 3. The second kappa shape index (κ2) is 7.83. The number of nitrogens with zero attached hydrogens (tertiary/aromatic N) is 2. The third-order valence-corrected chi connectivity index (χ3v) is 3.00. The second-order valence-electron chi connectivity index (χ2n) is 4.51. The number of carbonyl (C=O) groups excluding carboxylic acids is 1. The van der Waals surface area contributed by atoms with E-state index in [-0.39, 0.29) is 12.3 Å². The van der Waals surface area contributed by atoms with Crippen molar-refractivity contribution in [2.24, 2.45) is 5.10 Å². The number of benzene rings is 1. The van der Waals surface area contributed by atoms with E-state index in [2.05, 4.69) is 20.7 Å². The van der Waals surface area contributed by atoms with Gasteiger partial charge in [0.2, 0.25) is 11.7 Å². The van der Waals surface area contributed by atoms with Crippen LogP contribution < -0.4 is 19.6 Å². The minimum Gasteiger partial charge on any atom is -0.493 e. The molecule has 1 aromatic heterocycles. The summed E-state index contributed by atoms with van der Waals surface area (Å²) in [5.41, 5.74) is 3.85. The summed E-state index contributed by atoms with van der Waals surface area (Å²) in [6, 6.07) is 5.18. The van der Waals surface area contributed by atoms with Gasteiger partial charge in [0.25, 0.3) is 0 Å². The van der Waals surface area contributed by atoms with E-state index in [4.69, 9.17) is 14.2 Å². The SMILES string of the molecule is COc1cc(/C=N/NC(=O)Cc2ccn[nH]2)cc(OC)c1OC. The molecule has 2 N–H and O–H groups in total. The molecule has 0 spiro atoms. The van der Waals surface area contributed by atoms with E-state index < -0.39 is 0 Å². The molecule has 23 heavy (non-hydrogen) atoms. The zero-order valence-electron chi connectivity index (χ0n) is 13.1. The van der Waals surface area contributed by atoms with Gasteiger partial charge >= 0.3 is 0 Å². The van der Waals surface area contributed by atoms with Crippen LogP contribution in [0.4, 0.5) is 0 Å². The van der Waals surface area contributed by atoms with Crippen LogP contribution in [0.1, 0.15) is 11.3 Å². The lowest BCUT2D eigenvalue weighted by Gasteiger charge is -2.12. The third kappa shape index (κ3) is 4.22. The predicted octanol–water partition coefficient (Wildman–Crippen LogP) is 1.13. The number of nitrogens with one attached hydrogen (secondary N) is 2. The summed E-state index contributed by atoms with van der Waals surface area (Å²) >= 11 is 0. The molecule has 0 saturated carbocycles. The topological polar surface area (TPSA) is 97.8 Å². The van der Waals surface area contributed by atoms with E-state index in [1.165, 1.54) is 27.5 Å². The predicted molar refractivity (Wildman–Crippen MR) is 84.1 cm³/mol. The van der Waals surface area contributed by atoms with Crippen molar-refractivity contribution >= 4 is 12.1 Å². The van der Waals surface area contributed by atoms with Crippen molar-refractivity contribution in [2.75, 3.05) is 21.3 Å². The van der Waals surface area contributed by atoms with E-state index in [0.717, 1.165) is 0 Å². The number of aromatic nitrogens is 2. The van der Waals surface area contributed by atoms with E-state index >= 15 is 0 Å². The number of ether oxygens (including phenoxy) is 3. The van der Waals surface area contributed by atoms with Crippen LogP contribution in [0, 0.1) is 0 Å². The van der Waals surface area contributed by atoms with E-state index in [1.54, 1.807) is 24.4 Å². The Morgan fingerprint density at radius 3 is 2.48 bits per heavy atom. The quantitative estimate of drug-likeness (QED) is 0.589. The highest BCUT2D eigenvalue weighted by Crippen LogP contribution is 2.37. The standard InChI is InChI=1S/C15H18N4O4/c1-21-12-6-10(7-13(22-2)15(12)23-3)9-17-19-14(20)8-11-4-5-16-18-11/h4-7,9H,8H2,1-3H3,(H,16,18)(H,19,20)/b17-9+. The van der Waals surface area contributed by atoms with Gasteiger partial charge in [0.15, 0.2) is 11.5 Å². The van der Waals surface area contributed by atoms with Gasteiger partial charge in [0.1, 0.15) is 0 Å². The number of carbonyl (C=O) groups is 1. The maximum absolute atomic E-state index is 11.7. The highest BCUT2D eigenvalue weighted by Gasteiger charge is 2.12. The Labute approximate surface area is 133 Å². The van der Waals surface area contributed by atoms with Gasteiger partial charge < -0.3 is 14.2 Å². The van der Waals surface area contributed by atoms with Crippen LogP contribution in [0.3, 0.4) is 0 Å². The molecule has 1 heterocycles. The van der Waals surface area contributed by atoms with Gasteiger partial charge in [0.05, 0.1) is 34.0 Å². The summed E-state index contributed by atoms with van der Waals surface area (Å²) in [6.07, 6.45) is 3.25. The number of hydrogen-bond donors (Lipinski definition) is 2. The first-order chi connectivity index (χ1) is 11.2. The first-order valence-corrected chi connectivity index (χ1v) is 6.78. The molecule has 0 fully saturated rings. The lowest BCUT2D eigenvalue weighted by Crippen LogP contribution is -2.19. The van der Waals surface area contributed by atoms with E-state index in [9.17, 15) is 4.79 Å². The summed E-state index contributed by atoms with van der Waals surface area (Å²) in [6.45, 7) is 0. The van der Waals surface area contributed by atoms with Crippen LogP contribution in [-0.4, -0.2) is 43.6 Å². The molecular formula is C15H18N4O4. The molecule has 0 aliphatic rings. The van der Waals surface area contributed by atoms with Gasteiger partial charge in [-0.3, -0.25) is 9.89 Å². The molecule has 8 heteroatoms. The Bertz CT molecular complexity index is 658. The molecular weight excluding hydrogens is 300 g/mol. The fourth-order valence-corrected chi connectivity index (χ4v) is 1.95. The number of amides is 1. The number of rotatable bonds is 7. The van der Waals surface area contributed by atoms with Crippen LogP contribution in [0.2, 0.25) is 0 Å². The van der Waals surface area contributed by atoms with Crippen LogP contribution in [-0.2, 0) is 11.2 Å². The maximum atomic E-state index is 11.7. The molecule has 2 aromatic rings. The smallest absolute Gasteiger partial charge is 0.246 e. The highest BCUT2D eigenvalue weighted by atomic mass is 16.5. The van der Waals surface area contributed by atoms with Gasteiger partial charge in [-0.1, -0.05) is 0 Å². The fraction of sp³-hybridized carbons (Fsp3) is 0.267. The van der Waals surface area contributed by atoms with Crippen molar-refractivity contribution in [3.8, 4) is 17.2 Å². The summed E-state index contributed by atoms with van der Waals surface area (Å²) in [4.78, 5) is 11.7. The summed E-state index contributed by atoms with van der Waals surface area (Å²) in [5.74, 6) is 1.27. The summed E-state index contributed by atoms with van der Waals surface area (Å²) in [5, 5.41) is 10.4. The Morgan fingerprint density at radius 1 is 1.26 bits per heavy atom. The number of hydrogen-bond acceptors (Lipinski definition) is 6. The largest absolute Gasteiger partial charge is 0.493 e. The van der Waals surface area contributed by atoms with Gasteiger partial charge in [-0.15, -0.1) is 0 Å². The first-order valence-electron chi connectivity index (χ1n) is 6.78. The van der Waals surface area contributed by atoms with Crippen molar-refractivity contribution in [2.45, 2.75) is 6.42 Å². The van der Waals surface area contributed by atoms with Gasteiger partial charge in [-0.2, -0.15) is 10.2 Å². The molecule has 1 amide bonds. The molecule has 1 aromatic carbocycles. The summed E-state index contributed by atoms with van der Waals surface area (Å²) in [7, 11) is 4.60. The van der Waals surface area contributed by atoms with Crippen molar-refractivity contribution in [1.29, 1.82) is 0 Å². The zero-order chi connectivity index (χ0) is 16.7. The Hall–Kier alpha value is -3.03. The monoisotopic (exact) mass is 318 g/mol. The molecule has 0 aliphatic carbocycles. The average molecular weight is 318 g/mol. The second-order valence-corrected chi connectivity index (χ2v) is 4.51. The highest BCUT2D eigenvalue weighted by molar-refractivity contribution is 5.84. The van der Waals surface area contributed by atoms with Crippen molar-refractivity contribution < 1.29 is 19.0 Å². The molecule has 122 valence electrons. The van der Waals surface area contributed by atoms with Crippen molar-refractivity contribution in [1.82, 2.24) is 15.6 Å². The van der Waals surface area contributed by atoms with Gasteiger partial charge in [-0.05, 0) is 18.2 Å². The minimum absolute atomic E-state index is 0.173. The Morgan fingerprint density at radius 2 is 1.96 bits per heavy atom. The molecule has 2 rings (SSSR count). The number of H-pyrrole nitrogens is 1. The molecule has 0 radical (unpaired) electrons. The van der Waals surface area contributed by atoms with Crippen LogP contribution >= 0.6 is 0 Å². The van der Waals surface area contributed by atoms with Gasteiger partial charge in [0, 0.05) is 17.5 Å². The van der Waals surface area contributed by atoms with Crippen molar-refractivity contribution in [3.63, 3.8) is 0 Å². The van der Waals surface area contributed by atoms with Crippen LogP contribution in [0.25, 0.3) is 0 Å². The van der Waals surface area contributed by atoms with Gasteiger partial charge in [-0.25, -0.2) is 5.43 Å². The fourth-order valence-electron chi connectivity index (χ4n) is 1.95. The minimum atomic E-state index is -0.252. The van der Waals surface area contributed by atoms with Crippen LogP contribution in [0.5, 0.6) is 17.2 Å². The normalized spacial score (nSPS) is 10.6. The Balaban J connectivity index is 2.05. The molecule has 0 saturated heterocycles. The third-order valence-electron chi connectivity index (χ3n) is 3.00. The maximum Gasteiger partial charge on any atom is 0.246 e. The Kier molecular flexibility index (Phi) is 5.56. The lowest BCUT2D eigenvalue weighted by atomic mass is 10.2. The molecule has 0 aliphatic heterocycles. The average Bonchev–Trinajstić information content (AvgIpc) is 3.06. The zero-order valence-corrected chi connectivity index (χ0v) is 13.1. The van der Waals surface area contributed by atoms with Crippen LogP contribution in [0.15, 0.2) is 29.5 Å². The molecule has 0 atom stereocenters.